The fourth-order valence-electron chi connectivity index (χ4n) is 1.92. The molecule has 0 spiro atoms. The largest absolute Gasteiger partial charge is 0.493 e. The third-order valence-corrected chi connectivity index (χ3v) is 2.96. The smallest absolute Gasteiger partial charge is 0.255 e. The van der Waals surface area contributed by atoms with Gasteiger partial charge in [0.15, 0.2) is 0 Å². The quantitative estimate of drug-likeness (QED) is 0.889. The van der Waals surface area contributed by atoms with Gasteiger partial charge in [-0.2, -0.15) is 0 Å². The zero-order valence-corrected chi connectivity index (χ0v) is 12.7. The zero-order valence-electron chi connectivity index (χ0n) is 12.7. The molecule has 1 amide bonds. The first-order valence-corrected chi connectivity index (χ1v) is 7.15. The molecule has 2 aromatic rings. The van der Waals surface area contributed by atoms with Gasteiger partial charge < -0.3 is 10.1 Å². The Labute approximate surface area is 126 Å². The van der Waals surface area contributed by atoms with Crippen molar-refractivity contribution in [1.82, 2.24) is 0 Å². The number of carbonyl (C=O) groups is 1. The van der Waals surface area contributed by atoms with E-state index in [4.69, 9.17) is 4.74 Å². The van der Waals surface area contributed by atoms with Crippen LogP contribution in [-0.2, 0) is 0 Å². The molecule has 21 heavy (non-hydrogen) atoms. The van der Waals surface area contributed by atoms with Gasteiger partial charge in [0.1, 0.15) is 5.75 Å². The van der Waals surface area contributed by atoms with E-state index in [1.54, 1.807) is 6.07 Å². The predicted octanol–water partition coefficient (Wildman–Crippen LogP) is 4.28. The first-order valence-electron chi connectivity index (χ1n) is 7.15. The van der Waals surface area contributed by atoms with Crippen LogP contribution < -0.4 is 10.1 Å². The van der Waals surface area contributed by atoms with Crippen molar-refractivity contribution in [3.8, 4) is 5.75 Å². The number of ether oxygens (including phenoxy) is 1. The fourth-order valence-corrected chi connectivity index (χ4v) is 1.92. The maximum atomic E-state index is 12.2. The zero-order chi connectivity index (χ0) is 15.2. The Morgan fingerprint density at radius 1 is 1.14 bits per heavy atom. The second kappa shape index (κ2) is 6.93. The van der Waals surface area contributed by atoms with Gasteiger partial charge >= 0.3 is 0 Å². The first-order chi connectivity index (χ1) is 10.0. The van der Waals surface area contributed by atoms with E-state index in [1.165, 1.54) is 0 Å². The third kappa shape index (κ3) is 4.63. The summed E-state index contributed by atoms with van der Waals surface area (Å²) in [6.45, 7) is 6.83. The van der Waals surface area contributed by atoms with Crippen LogP contribution in [0.3, 0.4) is 0 Å². The van der Waals surface area contributed by atoms with E-state index in [9.17, 15) is 4.79 Å². The lowest BCUT2D eigenvalue weighted by Crippen LogP contribution is -2.12. The van der Waals surface area contributed by atoms with Gasteiger partial charge in [-0.05, 0) is 37.1 Å². The van der Waals surface area contributed by atoms with Crippen molar-refractivity contribution < 1.29 is 9.53 Å². The van der Waals surface area contributed by atoms with Gasteiger partial charge in [-0.25, -0.2) is 0 Å². The Balaban J connectivity index is 2.05. The maximum Gasteiger partial charge on any atom is 0.255 e. The van der Waals surface area contributed by atoms with Crippen molar-refractivity contribution >= 4 is 11.6 Å². The number of carbonyl (C=O) groups excluding carboxylic acids is 1. The van der Waals surface area contributed by atoms with Crippen molar-refractivity contribution in [1.29, 1.82) is 0 Å². The SMILES string of the molecule is Cc1cccc(C(=O)Nc2cccc(OCC(C)C)c2)c1. The van der Waals surface area contributed by atoms with Gasteiger partial charge in [-0.15, -0.1) is 0 Å². The number of rotatable bonds is 5. The van der Waals surface area contributed by atoms with E-state index in [-0.39, 0.29) is 5.91 Å². The molecule has 0 heterocycles. The lowest BCUT2D eigenvalue weighted by Gasteiger charge is -2.11. The number of hydrogen-bond acceptors (Lipinski definition) is 2. The van der Waals surface area contributed by atoms with Gasteiger partial charge in [0.05, 0.1) is 6.61 Å². The summed E-state index contributed by atoms with van der Waals surface area (Å²) in [7, 11) is 0. The van der Waals surface area contributed by atoms with Crippen LogP contribution >= 0.6 is 0 Å². The Kier molecular flexibility index (Phi) is 4.99. The predicted molar refractivity (Wildman–Crippen MR) is 85.9 cm³/mol. The highest BCUT2D eigenvalue weighted by atomic mass is 16.5. The van der Waals surface area contributed by atoms with Gasteiger partial charge in [-0.3, -0.25) is 4.79 Å². The summed E-state index contributed by atoms with van der Waals surface area (Å²) in [5.41, 5.74) is 2.46. The normalized spacial score (nSPS) is 10.5. The van der Waals surface area contributed by atoms with Crippen molar-refractivity contribution in [2.24, 2.45) is 5.92 Å². The average Bonchev–Trinajstić information content (AvgIpc) is 2.45. The molecule has 2 rings (SSSR count). The number of amides is 1. The highest BCUT2D eigenvalue weighted by Gasteiger charge is 2.07. The lowest BCUT2D eigenvalue weighted by atomic mass is 10.1. The van der Waals surface area contributed by atoms with Crippen LogP contribution in [-0.4, -0.2) is 12.5 Å². The standard InChI is InChI=1S/C18H21NO2/c1-13(2)12-21-17-9-5-8-16(11-17)19-18(20)15-7-4-6-14(3)10-15/h4-11,13H,12H2,1-3H3,(H,19,20). The van der Waals surface area contributed by atoms with Gasteiger partial charge in [0, 0.05) is 17.3 Å². The highest BCUT2D eigenvalue weighted by molar-refractivity contribution is 6.04. The molecule has 0 saturated carbocycles. The van der Waals surface area contributed by atoms with E-state index in [0.717, 1.165) is 17.0 Å². The molecule has 0 fully saturated rings. The third-order valence-electron chi connectivity index (χ3n) is 2.96. The molecule has 0 unspecified atom stereocenters. The number of nitrogens with one attached hydrogen (secondary N) is 1. The second-order valence-corrected chi connectivity index (χ2v) is 5.56. The van der Waals surface area contributed by atoms with Crippen LogP contribution in [0.2, 0.25) is 0 Å². The topological polar surface area (TPSA) is 38.3 Å². The van der Waals surface area contributed by atoms with Gasteiger partial charge in [0.25, 0.3) is 5.91 Å². The molecule has 3 nitrogen and oxygen atoms in total. The molecular formula is C18H21NO2. The monoisotopic (exact) mass is 283 g/mol. The van der Waals surface area contributed by atoms with Crippen LogP contribution in [0.25, 0.3) is 0 Å². The summed E-state index contributed by atoms with van der Waals surface area (Å²) in [4.78, 5) is 12.2. The lowest BCUT2D eigenvalue weighted by molar-refractivity contribution is 0.102. The summed E-state index contributed by atoms with van der Waals surface area (Å²) < 4.78 is 5.66. The molecule has 0 aliphatic rings. The summed E-state index contributed by atoms with van der Waals surface area (Å²) in [6, 6.07) is 15.0. The molecule has 0 atom stereocenters. The minimum absolute atomic E-state index is 0.111. The molecule has 0 aliphatic carbocycles. The number of anilines is 1. The van der Waals surface area contributed by atoms with E-state index < -0.39 is 0 Å². The van der Waals surface area contributed by atoms with Crippen LogP contribution in [0.4, 0.5) is 5.69 Å². The van der Waals surface area contributed by atoms with Crippen molar-refractivity contribution in [2.75, 3.05) is 11.9 Å². The molecule has 0 saturated heterocycles. The number of hydrogen-bond donors (Lipinski definition) is 1. The first kappa shape index (κ1) is 15.1. The summed E-state index contributed by atoms with van der Waals surface area (Å²) >= 11 is 0. The molecular weight excluding hydrogens is 262 g/mol. The van der Waals surface area contributed by atoms with Crippen LogP contribution in [0.1, 0.15) is 29.8 Å². The summed E-state index contributed by atoms with van der Waals surface area (Å²) in [6.07, 6.45) is 0. The minimum Gasteiger partial charge on any atom is -0.493 e. The van der Waals surface area contributed by atoms with Crippen LogP contribution in [0, 0.1) is 12.8 Å². The van der Waals surface area contributed by atoms with E-state index in [2.05, 4.69) is 19.2 Å². The number of aryl methyl sites for hydroxylation is 1. The second-order valence-electron chi connectivity index (χ2n) is 5.56. The number of benzene rings is 2. The Morgan fingerprint density at radius 2 is 1.90 bits per heavy atom. The van der Waals surface area contributed by atoms with Gasteiger partial charge in [0.2, 0.25) is 0 Å². The van der Waals surface area contributed by atoms with Crippen molar-refractivity contribution in [3.63, 3.8) is 0 Å². The molecule has 3 heteroatoms. The molecule has 0 aromatic heterocycles. The van der Waals surface area contributed by atoms with Gasteiger partial charge in [-0.1, -0.05) is 37.6 Å². The maximum absolute atomic E-state index is 12.2. The molecule has 0 bridgehead atoms. The fraction of sp³-hybridized carbons (Fsp3) is 0.278. The molecule has 2 aromatic carbocycles. The van der Waals surface area contributed by atoms with E-state index in [1.807, 2.05) is 49.4 Å². The average molecular weight is 283 g/mol. The van der Waals surface area contributed by atoms with E-state index in [0.29, 0.717) is 18.1 Å². The molecule has 1 N–H and O–H groups in total. The van der Waals surface area contributed by atoms with Crippen LogP contribution in [0.5, 0.6) is 5.75 Å². The van der Waals surface area contributed by atoms with Crippen molar-refractivity contribution in [2.45, 2.75) is 20.8 Å². The van der Waals surface area contributed by atoms with Crippen LogP contribution in [0.15, 0.2) is 48.5 Å². The Morgan fingerprint density at radius 3 is 2.62 bits per heavy atom. The molecule has 0 radical (unpaired) electrons. The molecule has 110 valence electrons. The summed E-state index contributed by atoms with van der Waals surface area (Å²) in [5, 5.41) is 2.89. The van der Waals surface area contributed by atoms with Crippen molar-refractivity contribution in [3.05, 3.63) is 59.7 Å². The minimum atomic E-state index is -0.111. The Bertz CT molecular complexity index is 620. The Hall–Kier alpha value is -2.29. The molecule has 0 aliphatic heterocycles. The van der Waals surface area contributed by atoms with E-state index >= 15 is 0 Å². The highest BCUT2D eigenvalue weighted by Crippen LogP contribution is 2.19. The summed E-state index contributed by atoms with van der Waals surface area (Å²) in [5.74, 6) is 1.13.